The SMILES string of the molecule is N#CC1(NS(=O)(=O)c2ccc(CNC(=O)c3ccc4nccn4c3)cc2)CCC1. The molecule has 4 rings (SSSR count). The van der Waals surface area contributed by atoms with Crippen LogP contribution in [0.5, 0.6) is 0 Å². The van der Waals surface area contributed by atoms with Gasteiger partial charge < -0.3 is 9.72 Å². The van der Waals surface area contributed by atoms with E-state index in [4.69, 9.17) is 0 Å². The number of carbonyl (C=O) groups is 1. The van der Waals surface area contributed by atoms with Crippen molar-refractivity contribution in [3.05, 3.63) is 66.1 Å². The maximum atomic E-state index is 12.5. The highest BCUT2D eigenvalue weighted by atomic mass is 32.2. The molecule has 2 aromatic heterocycles. The molecule has 0 atom stereocenters. The van der Waals surface area contributed by atoms with Crippen molar-refractivity contribution in [3.63, 3.8) is 0 Å². The van der Waals surface area contributed by atoms with Crippen molar-refractivity contribution in [1.82, 2.24) is 19.4 Å². The summed E-state index contributed by atoms with van der Waals surface area (Å²) in [5, 5.41) is 12.0. The lowest BCUT2D eigenvalue weighted by Crippen LogP contribution is -2.52. The van der Waals surface area contributed by atoms with E-state index in [0.29, 0.717) is 18.4 Å². The highest BCUT2D eigenvalue weighted by Crippen LogP contribution is 2.32. The quantitative estimate of drug-likeness (QED) is 0.646. The van der Waals surface area contributed by atoms with Gasteiger partial charge >= 0.3 is 0 Å². The molecule has 1 amide bonds. The summed E-state index contributed by atoms with van der Waals surface area (Å²) in [6.45, 7) is 0.261. The van der Waals surface area contributed by atoms with Crippen LogP contribution in [0.15, 0.2) is 59.9 Å². The van der Waals surface area contributed by atoms with E-state index in [1.807, 2.05) is 0 Å². The highest BCUT2D eigenvalue weighted by Gasteiger charge is 2.41. The monoisotopic (exact) mass is 409 g/mol. The molecule has 3 aromatic rings. The summed E-state index contributed by atoms with van der Waals surface area (Å²) in [6, 6.07) is 11.8. The third kappa shape index (κ3) is 3.85. The smallest absolute Gasteiger partial charge is 0.253 e. The fourth-order valence-electron chi connectivity index (χ4n) is 3.21. The molecular weight excluding hydrogens is 390 g/mol. The maximum absolute atomic E-state index is 12.5. The minimum absolute atomic E-state index is 0.0969. The predicted octanol–water partition coefficient (Wildman–Crippen LogP) is 1.99. The van der Waals surface area contributed by atoms with Gasteiger partial charge in [0.25, 0.3) is 5.91 Å². The number of amides is 1. The van der Waals surface area contributed by atoms with Crippen molar-refractivity contribution in [1.29, 1.82) is 5.26 Å². The Morgan fingerprint density at radius 3 is 2.62 bits per heavy atom. The van der Waals surface area contributed by atoms with Crippen LogP contribution in [0.4, 0.5) is 0 Å². The number of nitrogens with one attached hydrogen (secondary N) is 2. The predicted molar refractivity (Wildman–Crippen MR) is 105 cm³/mol. The van der Waals surface area contributed by atoms with E-state index >= 15 is 0 Å². The second-order valence-corrected chi connectivity index (χ2v) is 8.77. The van der Waals surface area contributed by atoms with Crippen LogP contribution in [-0.2, 0) is 16.6 Å². The number of carbonyl (C=O) groups excluding carboxylic acids is 1. The first-order valence-corrected chi connectivity index (χ1v) is 10.6. The van der Waals surface area contributed by atoms with Crippen molar-refractivity contribution in [3.8, 4) is 6.07 Å². The van der Waals surface area contributed by atoms with E-state index in [1.165, 1.54) is 12.1 Å². The highest BCUT2D eigenvalue weighted by molar-refractivity contribution is 7.89. The Balaban J connectivity index is 1.40. The molecule has 0 aliphatic heterocycles. The molecule has 2 N–H and O–H groups in total. The lowest BCUT2D eigenvalue weighted by atomic mass is 9.79. The first-order valence-electron chi connectivity index (χ1n) is 9.16. The van der Waals surface area contributed by atoms with Crippen molar-refractivity contribution >= 4 is 21.6 Å². The number of nitrogens with zero attached hydrogens (tertiary/aromatic N) is 3. The number of sulfonamides is 1. The summed E-state index contributed by atoms with van der Waals surface area (Å²) >= 11 is 0. The molecule has 1 aromatic carbocycles. The summed E-state index contributed by atoms with van der Waals surface area (Å²) < 4.78 is 29.3. The molecular formula is C20H19N5O3S. The standard InChI is InChI=1S/C20H19N5O3S/c21-14-20(8-1-9-20)24-29(27,28)17-5-2-15(3-6-17)12-23-19(26)16-4-7-18-22-10-11-25(18)13-16/h2-7,10-11,13,24H,1,8-9,12H2,(H,23,26). The van der Waals surface area contributed by atoms with Crippen LogP contribution in [0, 0.1) is 11.3 Å². The van der Waals surface area contributed by atoms with Gasteiger partial charge in [0.2, 0.25) is 10.0 Å². The van der Waals surface area contributed by atoms with Crippen LogP contribution in [0.25, 0.3) is 5.65 Å². The number of hydrogen-bond acceptors (Lipinski definition) is 5. The average molecular weight is 409 g/mol. The lowest BCUT2D eigenvalue weighted by molar-refractivity contribution is 0.0950. The molecule has 0 unspecified atom stereocenters. The largest absolute Gasteiger partial charge is 0.348 e. The molecule has 0 bridgehead atoms. The number of pyridine rings is 1. The second kappa shape index (κ2) is 7.31. The molecule has 1 saturated carbocycles. The molecule has 0 radical (unpaired) electrons. The van der Waals surface area contributed by atoms with Crippen LogP contribution in [-0.4, -0.2) is 29.2 Å². The zero-order valence-corrected chi connectivity index (χ0v) is 16.3. The fraction of sp³-hybridized carbons (Fsp3) is 0.250. The second-order valence-electron chi connectivity index (χ2n) is 7.09. The Morgan fingerprint density at radius 2 is 1.97 bits per heavy atom. The van der Waals surface area contributed by atoms with Gasteiger partial charge in [-0.1, -0.05) is 12.1 Å². The average Bonchev–Trinajstić information content (AvgIpc) is 3.17. The van der Waals surface area contributed by atoms with E-state index in [-0.39, 0.29) is 17.3 Å². The maximum Gasteiger partial charge on any atom is 0.253 e. The van der Waals surface area contributed by atoms with Gasteiger partial charge in [-0.15, -0.1) is 0 Å². The van der Waals surface area contributed by atoms with Crippen molar-refractivity contribution in [2.24, 2.45) is 0 Å². The first-order chi connectivity index (χ1) is 13.9. The number of nitriles is 1. The van der Waals surface area contributed by atoms with Crippen LogP contribution >= 0.6 is 0 Å². The zero-order valence-electron chi connectivity index (χ0n) is 15.5. The van der Waals surface area contributed by atoms with Crippen LogP contribution < -0.4 is 10.0 Å². The van der Waals surface area contributed by atoms with Crippen molar-refractivity contribution in [2.75, 3.05) is 0 Å². The van der Waals surface area contributed by atoms with E-state index in [9.17, 15) is 18.5 Å². The van der Waals surface area contributed by atoms with Crippen LogP contribution in [0.1, 0.15) is 35.2 Å². The summed E-state index contributed by atoms with van der Waals surface area (Å²) in [4.78, 5) is 16.6. The van der Waals surface area contributed by atoms with Crippen molar-refractivity contribution < 1.29 is 13.2 Å². The van der Waals surface area contributed by atoms with Crippen LogP contribution in [0.3, 0.4) is 0 Å². The zero-order chi connectivity index (χ0) is 20.5. The Bertz CT molecular complexity index is 1200. The number of hydrogen-bond donors (Lipinski definition) is 2. The molecule has 148 valence electrons. The molecule has 2 heterocycles. The summed E-state index contributed by atoms with van der Waals surface area (Å²) in [5.41, 5.74) is 1.04. The molecule has 9 heteroatoms. The number of rotatable bonds is 6. The van der Waals surface area contributed by atoms with Gasteiger partial charge in [-0.2, -0.15) is 9.98 Å². The molecule has 0 spiro atoms. The van der Waals surface area contributed by atoms with E-state index in [1.54, 1.807) is 47.3 Å². The number of benzene rings is 1. The van der Waals surface area contributed by atoms with Gasteiger partial charge in [0.1, 0.15) is 11.2 Å². The molecule has 1 fully saturated rings. The van der Waals surface area contributed by atoms with Gasteiger partial charge in [0.05, 0.1) is 16.5 Å². The fourth-order valence-corrected chi connectivity index (χ4v) is 4.58. The Hall–Kier alpha value is -3.22. The number of aromatic nitrogens is 2. The topological polar surface area (TPSA) is 116 Å². The Kier molecular flexibility index (Phi) is 4.82. The number of imidazole rings is 1. The minimum Gasteiger partial charge on any atom is -0.348 e. The van der Waals surface area contributed by atoms with Gasteiger partial charge in [0, 0.05) is 25.1 Å². The van der Waals surface area contributed by atoms with Gasteiger partial charge in [-0.05, 0) is 49.1 Å². The molecule has 8 nitrogen and oxygen atoms in total. The molecule has 1 aliphatic rings. The van der Waals surface area contributed by atoms with E-state index < -0.39 is 15.6 Å². The van der Waals surface area contributed by atoms with Gasteiger partial charge in [-0.3, -0.25) is 4.79 Å². The Labute approximate surface area is 168 Å². The normalized spacial score (nSPS) is 15.4. The summed E-state index contributed by atoms with van der Waals surface area (Å²) in [7, 11) is -3.77. The van der Waals surface area contributed by atoms with Gasteiger partial charge in [-0.25, -0.2) is 13.4 Å². The Morgan fingerprint density at radius 1 is 1.21 bits per heavy atom. The summed E-state index contributed by atoms with van der Waals surface area (Å²) in [5.74, 6) is -0.236. The lowest BCUT2D eigenvalue weighted by Gasteiger charge is -2.35. The first kappa shape index (κ1) is 19.1. The van der Waals surface area contributed by atoms with Crippen LogP contribution in [0.2, 0.25) is 0 Å². The van der Waals surface area contributed by atoms with E-state index in [2.05, 4.69) is 21.1 Å². The van der Waals surface area contributed by atoms with E-state index in [0.717, 1.165) is 17.6 Å². The molecule has 29 heavy (non-hydrogen) atoms. The molecule has 0 saturated heterocycles. The van der Waals surface area contributed by atoms with Crippen molar-refractivity contribution in [2.45, 2.75) is 36.2 Å². The third-order valence-electron chi connectivity index (χ3n) is 5.09. The summed E-state index contributed by atoms with van der Waals surface area (Å²) in [6.07, 6.45) is 7.01. The number of fused-ring (bicyclic) bond motifs is 1. The third-order valence-corrected chi connectivity index (χ3v) is 6.64. The van der Waals surface area contributed by atoms with Gasteiger partial charge in [0.15, 0.2) is 0 Å². The molecule has 1 aliphatic carbocycles. The minimum atomic E-state index is -3.77.